The fourth-order valence-electron chi connectivity index (χ4n) is 3.40. The summed E-state index contributed by atoms with van der Waals surface area (Å²) in [6, 6.07) is 12.7. The minimum Gasteiger partial charge on any atom is -0.352 e. The molecule has 0 spiro atoms. The summed E-state index contributed by atoms with van der Waals surface area (Å²) in [6.07, 6.45) is 1.14. The number of nitrogens with zero attached hydrogens (tertiary/aromatic N) is 2. The van der Waals surface area contributed by atoms with Gasteiger partial charge >= 0.3 is 0 Å². The molecule has 2 amide bonds. The van der Waals surface area contributed by atoms with Gasteiger partial charge in [-0.15, -0.1) is 0 Å². The number of hydrogen-bond acceptors (Lipinski definition) is 4. The molecule has 0 saturated heterocycles. The van der Waals surface area contributed by atoms with Gasteiger partial charge in [0.05, 0.1) is 11.4 Å². The van der Waals surface area contributed by atoms with Crippen molar-refractivity contribution in [1.82, 2.24) is 14.5 Å². The number of aryl methyl sites for hydroxylation is 1. The van der Waals surface area contributed by atoms with Gasteiger partial charge in [0.2, 0.25) is 21.8 Å². The van der Waals surface area contributed by atoms with Crippen molar-refractivity contribution in [2.45, 2.75) is 64.1 Å². The summed E-state index contributed by atoms with van der Waals surface area (Å²) in [5.74, 6) is -0.720. The van der Waals surface area contributed by atoms with E-state index < -0.39 is 28.5 Å². The van der Waals surface area contributed by atoms with Crippen LogP contribution in [0, 0.1) is 6.92 Å². The minimum atomic E-state index is -3.87. The van der Waals surface area contributed by atoms with E-state index in [4.69, 9.17) is 11.6 Å². The van der Waals surface area contributed by atoms with Crippen molar-refractivity contribution in [3.63, 3.8) is 0 Å². The lowest BCUT2D eigenvalue weighted by Crippen LogP contribution is -2.53. The van der Waals surface area contributed by atoms with Gasteiger partial charge in [-0.05, 0) is 56.5 Å². The molecule has 2 aromatic carbocycles. The maximum absolute atomic E-state index is 13.4. The van der Waals surface area contributed by atoms with Gasteiger partial charge in [-0.2, -0.15) is 4.31 Å². The van der Waals surface area contributed by atoms with Crippen molar-refractivity contribution in [3.05, 3.63) is 64.7 Å². The van der Waals surface area contributed by atoms with Crippen molar-refractivity contribution in [1.29, 1.82) is 0 Å². The summed E-state index contributed by atoms with van der Waals surface area (Å²) in [4.78, 5) is 28.0. The highest BCUT2D eigenvalue weighted by Gasteiger charge is 2.32. The molecule has 0 fully saturated rings. The summed E-state index contributed by atoms with van der Waals surface area (Å²) in [5.41, 5.74) is 1.72. The van der Waals surface area contributed by atoms with Gasteiger partial charge in [-0.3, -0.25) is 9.59 Å². The Hall–Kier alpha value is -2.42. The van der Waals surface area contributed by atoms with Crippen molar-refractivity contribution >= 4 is 33.4 Å². The van der Waals surface area contributed by atoms with Crippen LogP contribution in [0.4, 0.5) is 0 Å². The summed E-state index contributed by atoms with van der Waals surface area (Å²) >= 11 is 5.99. The van der Waals surface area contributed by atoms with Gasteiger partial charge in [-0.25, -0.2) is 8.42 Å². The number of carbonyl (C=O) groups excluding carboxylic acids is 2. The molecule has 0 heterocycles. The Balaban J connectivity index is 2.32. The van der Waals surface area contributed by atoms with E-state index >= 15 is 0 Å². The molecule has 7 nitrogen and oxygen atoms in total. The highest BCUT2D eigenvalue weighted by atomic mass is 35.5. The molecule has 1 N–H and O–H groups in total. The molecule has 0 saturated carbocycles. The first-order valence-corrected chi connectivity index (χ1v) is 13.2. The predicted octanol–water partition coefficient (Wildman–Crippen LogP) is 3.99. The standard InChI is InChI=1S/C25H34ClN3O4S/c1-6-19(4)27-25(31)23(7-2)29(16-20-10-12-21(26)13-11-20)24(30)17-28(5)34(32,33)22-14-8-18(3)9-15-22/h8-15,19,23H,6-7,16-17H2,1-5H3,(H,27,31)/t19-,23-/m1/s1. The van der Waals surface area contributed by atoms with Gasteiger partial charge in [0, 0.05) is 24.7 Å². The Labute approximate surface area is 208 Å². The summed E-state index contributed by atoms with van der Waals surface area (Å²) < 4.78 is 27.1. The lowest BCUT2D eigenvalue weighted by Gasteiger charge is -2.32. The molecule has 2 rings (SSSR count). The normalized spacial score (nSPS) is 13.4. The molecule has 0 aliphatic rings. The second-order valence-electron chi connectivity index (χ2n) is 8.46. The average Bonchev–Trinajstić information content (AvgIpc) is 2.80. The Morgan fingerprint density at radius 1 is 1.00 bits per heavy atom. The van der Waals surface area contributed by atoms with Crippen LogP contribution in [0.2, 0.25) is 5.02 Å². The fourth-order valence-corrected chi connectivity index (χ4v) is 4.65. The molecule has 2 aromatic rings. The van der Waals surface area contributed by atoms with Crippen LogP contribution in [0.25, 0.3) is 0 Å². The number of nitrogens with one attached hydrogen (secondary N) is 1. The molecule has 2 atom stereocenters. The van der Waals surface area contributed by atoms with Crippen LogP contribution in [0.5, 0.6) is 0 Å². The van der Waals surface area contributed by atoms with E-state index in [1.807, 2.05) is 27.7 Å². The van der Waals surface area contributed by atoms with Crippen molar-refractivity contribution in [2.75, 3.05) is 13.6 Å². The van der Waals surface area contributed by atoms with Gasteiger partial charge in [-0.1, -0.05) is 55.3 Å². The summed E-state index contributed by atoms with van der Waals surface area (Å²) in [6.45, 7) is 7.33. The Morgan fingerprint density at radius 3 is 2.12 bits per heavy atom. The second-order valence-corrected chi connectivity index (χ2v) is 10.9. The Bertz CT molecular complexity index is 1070. The first-order valence-electron chi connectivity index (χ1n) is 11.4. The van der Waals surface area contributed by atoms with E-state index in [0.717, 1.165) is 21.9 Å². The maximum Gasteiger partial charge on any atom is 0.243 e. The number of rotatable bonds is 11. The summed E-state index contributed by atoms with van der Waals surface area (Å²) in [7, 11) is -2.50. The average molecular weight is 508 g/mol. The van der Waals surface area contributed by atoms with Crippen LogP contribution in [0.15, 0.2) is 53.4 Å². The molecule has 0 aliphatic carbocycles. The Morgan fingerprint density at radius 2 is 1.59 bits per heavy atom. The van der Waals surface area contributed by atoms with Crippen LogP contribution in [-0.4, -0.2) is 55.1 Å². The molecular formula is C25H34ClN3O4S. The molecule has 186 valence electrons. The zero-order chi connectivity index (χ0) is 25.5. The topological polar surface area (TPSA) is 86.8 Å². The quantitative estimate of drug-likeness (QED) is 0.498. The molecule has 0 aromatic heterocycles. The van der Waals surface area contributed by atoms with E-state index in [1.165, 1.54) is 24.1 Å². The van der Waals surface area contributed by atoms with E-state index in [1.54, 1.807) is 36.4 Å². The third kappa shape index (κ3) is 7.29. The van der Waals surface area contributed by atoms with E-state index in [-0.39, 0.29) is 23.4 Å². The minimum absolute atomic E-state index is 0.0429. The van der Waals surface area contributed by atoms with Gasteiger partial charge in [0.15, 0.2) is 0 Å². The number of sulfonamides is 1. The number of carbonyl (C=O) groups is 2. The van der Waals surface area contributed by atoms with Crippen LogP contribution in [0.1, 0.15) is 44.7 Å². The zero-order valence-electron chi connectivity index (χ0n) is 20.4. The van der Waals surface area contributed by atoms with Crippen molar-refractivity contribution in [2.24, 2.45) is 0 Å². The van der Waals surface area contributed by atoms with Gasteiger partial charge in [0.25, 0.3) is 0 Å². The molecular weight excluding hydrogens is 474 g/mol. The molecule has 0 radical (unpaired) electrons. The molecule has 9 heteroatoms. The maximum atomic E-state index is 13.4. The van der Waals surface area contributed by atoms with Crippen molar-refractivity contribution in [3.8, 4) is 0 Å². The summed E-state index contributed by atoms with van der Waals surface area (Å²) in [5, 5.41) is 3.50. The van der Waals surface area contributed by atoms with E-state index in [9.17, 15) is 18.0 Å². The van der Waals surface area contributed by atoms with E-state index in [2.05, 4.69) is 5.32 Å². The highest BCUT2D eigenvalue weighted by molar-refractivity contribution is 7.89. The highest BCUT2D eigenvalue weighted by Crippen LogP contribution is 2.18. The number of hydrogen-bond donors (Lipinski definition) is 1. The Kier molecular flexibility index (Phi) is 10.1. The number of halogens is 1. The predicted molar refractivity (Wildman–Crippen MR) is 135 cm³/mol. The monoisotopic (exact) mass is 507 g/mol. The van der Waals surface area contributed by atoms with Crippen LogP contribution in [0.3, 0.4) is 0 Å². The molecule has 0 unspecified atom stereocenters. The third-order valence-electron chi connectivity index (χ3n) is 5.74. The SMILES string of the molecule is CC[C@@H](C)NC(=O)[C@@H](CC)N(Cc1ccc(Cl)cc1)C(=O)CN(C)S(=O)(=O)c1ccc(C)cc1. The van der Waals surface area contributed by atoms with Crippen LogP contribution >= 0.6 is 11.6 Å². The molecule has 34 heavy (non-hydrogen) atoms. The number of benzene rings is 2. The lowest BCUT2D eigenvalue weighted by atomic mass is 10.1. The zero-order valence-corrected chi connectivity index (χ0v) is 22.0. The molecule has 0 bridgehead atoms. The fraction of sp³-hybridized carbons (Fsp3) is 0.440. The smallest absolute Gasteiger partial charge is 0.243 e. The first-order chi connectivity index (χ1) is 16.0. The number of amides is 2. The van der Waals surface area contributed by atoms with Crippen molar-refractivity contribution < 1.29 is 18.0 Å². The largest absolute Gasteiger partial charge is 0.352 e. The van der Waals surface area contributed by atoms with Crippen LogP contribution in [-0.2, 0) is 26.2 Å². The molecule has 0 aliphatic heterocycles. The lowest BCUT2D eigenvalue weighted by molar-refractivity contribution is -0.141. The number of likely N-dealkylation sites (N-methyl/N-ethyl adjacent to an activating group) is 1. The van der Waals surface area contributed by atoms with Crippen LogP contribution < -0.4 is 5.32 Å². The first kappa shape index (κ1) is 27.8. The van der Waals surface area contributed by atoms with Gasteiger partial charge in [0.1, 0.15) is 6.04 Å². The third-order valence-corrected chi connectivity index (χ3v) is 7.81. The van der Waals surface area contributed by atoms with Gasteiger partial charge < -0.3 is 10.2 Å². The van der Waals surface area contributed by atoms with E-state index in [0.29, 0.717) is 11.4 Å². The second kappa shape index (κ2) is 12.3.